The molecule has 1 saturated carbocycles. The Morgan fingerprint density at radius 3 is 2.64 bits per heavy atom. The van der Waals surface area contributed by atoms with Crippen LogP contribution in [0.25, 0.3) is 0 Å². The summed E-state index contributed by atoms with van der Waals surface area (Å²) in [5, 5.41) is 0. The third kappa shape index (κ3) is 4.82. The Kier molecular flexibility index (Phi) is 6.58. The van der Waals surface area contributed by atoms with Crippen molar-refractivity contribution in [3.8, 4) is 11.6 Å². The van der Waals surface area contributed by atoms with Gasteiger partial charge in [-0.3, -0.25) is 4.79 Å². The van der Waals surface area contributed by atoms with Gasteiger partial charge in [-0.15, -0.1) is 0 Å². The molecule has 25 heavy (non-hydrogen) atoms. The number of amides is 1. The molecule has 0 spiro atoms. The number of pyridine rings is 1. The predicted molar refractivity (Wildman–Crippen MR) is 89.1 cm³/mol. The van der Waals surface area contributed by atoms with Gasteiger partial charge in [0.15, 0.2) is 12.0 Å². The van der Waals surface area contributed by atoms with E-state index in [1.54, 1.807) is 13.2 Å². The molecule has 0 unspecified atom stereocenters. The van der Waals surface area contributed by atoms with E-state index in [0.717, 1.165) is 6.42 Å². The van der Waals surface area contributed by atoms with E-state index in [2.05, 4.69) is 4.98 Å². The number of nitrogens with zero attached hydrogens (tertiary/aromatic N) is 1. The zero-order valence-corrected chi connectivity index (χ0v) is 14.6. The summed E-state index contributed by atoms with van der Waals surface area (Å²) >= 11 is 0. The summed E-state index contributed by atoms with van der Waals surface area (Å²) < 4.78 is 21.2. The van der Waals surface area contributed by atoms with E-state index in [-0.39, 0.29) is 11.6 Å². The van der Waals surface area contributed by atoms with E-state index in [9.17, 15) is 9.59 Å². The van der Waals surface area contributed by atoms with Crippen LogP contribution >= 0.6 is 0 Å². The zero-order valence-electron chi connectivity index (χ0n) is 14.6. The van der Waals surface area contributed by atoms with E-state index in [1.807, 2.05) is 0 Å². The topological polar surface area (TPSA) is 110 Å². The van der Waals surface area contributed by atoms with Gasteiger partial charge in [0.2, 0.25) is 0 Å². The van der Waals surface area contributed by atoms with Crippen LogP contribution < -0.4 is 15.2 Å². The number of hydrogen-bond donors (Lipinski definition) is 1. The maximum absolute atomic E-state index is 11.4. The number of hydrogen-bond acceptors (Lipinski definition) is 7. The largest absolute Gasteiger partial charge is 0.488 e. The van der Waals surface area contributed by atoms with Gasteiger partial charge in [-0.05, 0) is 30.9 Å². The first-order valence-electron chi connectivity index (χ1n) is 8.17. The van der Waals surface area contributed by atoms with Gasteiger partial charge in [-0.1, -0.05) is 0 Å². The number of carbonyl (C=O) groups excluding carboxylic acids is 2. The van der Waals surface area contributed by atoms with Crippen molar-refractivity contribution in [1.82, 2.24) is 4.98 Å². The van der Waals surface area contributed by atoms with Crippen molar-refractivity contribution in [1.29, 1.82) is 0 Å². The highest BCUT2D eigenvalue weighted by Gasteiger charge is 2.41. The summed E-state index contributed by atoms with van der Waals surface area (Å²) in [4.78, 5) is 26.8. The lowest BCUT2D eigenvalue weighted by Gasteiger charge is -2.40. The highest BCUT2D eigenvalue weighted by atomic mass is 16.6. The summed E-state index contributed by atoms with van der Waals surface area (Å²) in [5.74, 6) is 0.675. The van der Waals surface area contributed by atoms with Crippen molar-refractivity contribution in [3.05, 3.63) is 17.3 Å². The molecule has 1 aromatic rings. The van der Waals surface area contributed by atoms with Crippen molar-refractivity contribution in [2.24, 2.45) is 5.73 Å². The van der Waals surface area contributed by atoms with Crippen LogP contribution in [0.15, 0.2) is 6.07 Å². The minimum Gasteiger partial charge on any atom is -0.488 e. The number of ether oxygens (including phenoxy) is 4. The normalized spacial score (nSPS) is 15.1. The van der Waals surface area contributed by atoms with Crippen molar-refractivity contribution in [2.45, 2.75) is 37.7 Å². The second-order valence-corrected chi connectivity index (χ2v) is 5.99. The molecule has 1 amide bonds. The van der Waals surface area contributed by atoms with E-state index in [4.69, 9.17) is 24.7 Å². The highest BCUT2D eigenvalue weighted by molar-refractivity contribution is 5.75. The molecule has 0 aliphatic heterocycles. The smallest absolute Gasteiger partial charge is 0.405 e. The summed E-state index contributed by atoms with van der Waals surface area (Å²) in [6.07, 6.45) is 3.24. The van der Waals surface area contributed by atoms with Crippen LogP contribution in [-0.4, -0.2) is 50.4 Å². The molecule has 138 valence electrons. The van der Waals surface area contributed by atoms with Crippen molar-refractivity contribution < 1.29 is 28.5 Å². The van der Waals surface area contributed by atoms with Crippen molar-refractivity contribution in [3.63, 3.8) is 0 Å². The molecule has 1 aliphatic carbocycles. The number of methoxy groups -OCH3 is 2. The number of carbonyl (C=O) groups is 2. The number of aromatic nitrogens is 1. The first kappa shape index (κ1) is 19.0. The van der Waals surface area contributed by atoms with Gasteiger partial charge in [0.05, 0.1) is 13.7 Å². The second-order valence-electron chi connectivity index (χ2n) is 5.99. The summed E-state index contributed by atoms with van der Waals surface area (Å²) in [7, 11) is 3.08. The van der Waals surface area contributed by atoms with Crippen LogP contribution in [0.2, 0.25) is 0 Å². The molecule has 8 heteroatoms. The number of nitrogens with two attached hydrogens (primary N) is 1. The SMILES string of the molecule is COCCCOc1cc(CC2(OC(N)=O)CCC2)c(C=O)nc1OC. The van der Waals surface area contributed by atoms with Crippen LogP contribution in [0.4, 0.5) is 4.79 Å². The third-order valence-electron chi connectivity index (χ3n) is 4.22. The maximum atomic E-state index is 11.4. The van der Waals surface area contributed by atoms with Crippen molar-refractivity contribution >= 4 is 12.4 Å². The van der Waals surface area contributed by atoms with Crippen LogP contribution in [0.5, 0.6) is 11.6 Å². The molecule has 0 saturated heterocycles. The molecule has 0 radical (unpaired) electrons. The summed E-state index contributed by atoms with van der Waals surface area (Å²) in [5.41, 5.74) is 5.38. The number of rotatable bonds is 10. The number of primary amides is 1. The predicted octanol–water partition coefficient (Wildman–Crippen LogP) is 1.88. The second kappa shape index (κ2) is 8.66. The fourth-order valence-electron chi connectivity index (χ4n) is 2.86. The molecule has 1 aliphatic rings. The average Bonchev–Trinajstić information content (AvgIpc) is 2.56. The molecule has 1 aromatic heterocycles. The molecule has 2 rings (SSSR count). The van der Waals surface area contributed by atoms with Gasteiger partial charge in [-0.25, -0.2) is 9.78 Å². The fraction of sp³-hybridized carbons (Fsp3) is 0.588. The number of aldehydes is 1. The van der Waals surface area contributed by atoms with Crippen LogP contribution in [0.1, 0.15) is 41.7 Å². The van der Waals surface area contributed by atoms with Gasteiger partial charge in [0.1, 0.15) is 11.3 Å². The van der Waals surface area contributed by atoms with Gasteiger partial charge < -0.3 is 24.7 Å². The Balaban J connectivity index is 2.22. The Labute approximate surface area is 146 Å². The molecule has 1 heterocycles. The van der Waals surface area contributed by atoms with E-state index in [1.165, 1.54) is 7.11 Å². The van der Waals surface area contributed by atoms with E-state index in [0.29, 0.717) is 56.5 Å². The Bertz CT molecular complexity index is 615. The monoisotopic (exact) mass is 352 g/mol. The average molecular weight is 352 g/mol. The zero-order chi connectivity index (χ0) is 18.3. The molecule has 0 bridgehead atoms. The Morgan fingerprint density at radius 1 is 1.36 bits per heavy atom. The molecule has 0 aromatic carbocycles. The minimum atomic E-state index is -0.815. The summed E-state index contributed by atoms with van der Waals surface area (Å²) in [6, 6.07) is 1.72. The van der Waals surface area contributed by atoms with Crippen LogP contribution in [-0.2, 0) is 15.9 Å². The third-order valence-corrected chi connectivity index (χ3v) is 4.22. The first-order chi connectivity index (χ1) is 12.0. The molecule has 8 nitrogen and oxygen atoms in total. The lowest BCUT2D eigenvalue weighted by molar-refractivity contribution is -0.0430. The van der Waals surface area contributed by atoms with Gasteiger partial charge in [0.25, 0.3) is 5.88 Å². The molecular formula is C17H24N2O6. The first-order valence-corrected chi connectivity index (χ1v) is 8.17. The lowest BCUT2D eigenvalue weighted by atomic mass is 9.75. The summed E-state index contributed by atoms with van der Waals surface area (Å²) in [6.45, 7) is 0.999. The Hall–Kier alpha value is -2.35. The molecule has 1 fully saturated rings. The molecule has 2 N–H and O–H groups in total. The minimum absolute atomic E-state index is 0.237. The standard InChI is InChI=1S/C17H24N2O6/c1-22-7-4-8-24-14-9-12(13(11-20)19-15(14)23-2)10-17(5-3-6-17)25-16(18)21/h9,11H,3-8,10H2,1-2H3,(H2,18,21). The van der Waals surface area contributed by atoms with Crippen LogP contribution in [0, 0.1) is 0 Å². The van der Waals surface area contributed by atoms with E-state index < -0.39 is 11.7 Å². The van der Waals surface area contributed by atoms with Gasteiger partial charge >= 0.3 is 6.09 Å². The molecular weight excluding hydrogens is 328 g/mol. The van der Waals surface area contributed by atoms with Gasteiger partial charge in [-0.2, -0.15) is 0 Å². The van der Waals surface area contributed by atoms with Gasteiger partial charge in [0, 0.05) is 26.6 Å². The van der Waals surface area contributed by atoms with Crippen molar-refractivity contribution in [2.75, 3.05) is 27.4 Å². The van der Waals surface area contributed by atoms with E-state index >= 15 is 0 Å². The lowest BCUT2D eigenvalue weighted by Crippen LogP contribution is -2.45. The Morgan fingerprint density at radius 2 is 2.12 bits per heavy atom. The maximum Gasteiger partial charge on any atom is 0.405 e. The fourth-order valence-corrected chi connectivity index (χ4v) is 2.86. The van der Waals surface area contributed by atoms with Crippen LogP contribution in [0.3, 0.4) is 0 Å². The molecule has 0 atom stereocenters. The highest BCUT2D eigenvalue weighted by Crippen LogP contribution is 2.40. The quantitative estimate of drug-likeness (QED) is 0.505.